The zero-order valence-corrected chi connectivity index (χ0v) is 12.5. The molecule has 0 unspecified atom stereocenters. The van der Waals surface area contributed by atoms with Crippen LogP contribution in [0, 0.1) is 11.3 Å². The lowest BCUT2D eigenvalue weighted by Gasteiger charge is -2.39. The monoisotopic (exact) mass is 255 g/mol. The first-order valence-electron chi connectivity index (χ1n) is 8.04. The SMILES string of the molecule is CCCCC1CCC(CN)(CCCOCC)CC1. The Morgan fingerprint density at radius 1 is 1.17 bits per heavy atom. The molecule has 108 valence electrons. The molecule has 2 nitrogen and oxygen atoms in total. The molecule has 0 heterocycles. The molecule has 18 heavy (non-hydrogen) atoms. The van der Waals surface area contributed by atoms with E-state index in [-0.39, 0.29) is 0 Å². The maximum atomic E-state index is 6.06. The second-order valence-electron chi connectivity index (χ2n) is 6.09. The van der Waals surface area contributed by atoms with Gasteiger partial charge >= 0.3 is 0 Å². The zero-order chi connectivity index (χ0) is 13.3. The Morgan fingerprint density at radius 2 is 1.89 bits per heavy atom. The van der Waals surface area contributed by atoms with Crippen LogP contribution in [0.5, 0.6) is 0 Å². The molecule has 0 bridgehead atoms. The molecular formula is C16H33NO. The van der Waals surface area contributed by atoms with Crippen LogP contribution in [0.1, 0.15) is 71.6 Å². The van der Waals surface area contributed by atoms with E-state index in [1.807, 2.05) is 0 Å². The van der Waals surface area contributed by atoms with E-state index in [1.165, 1.54) is 57.8 Å². The van der Waals surface area contributed by atoms with Crippen molar-refractivity contribution < 1.29 is 4.74 Å². The van der Waals surface area contributed by atoms with E-state index in [2.05, 4.69) is 13.8 Å². The molecular weight excluding hydrogens is 222 g/mol. The highest BCUT2D eigenvalue weighted by Gasteiger charge is 2.33. The average molecular weight is 255 g/mol. The second-order valence-corrected chi connectivity index (χ2v) is 6.09. The lowest BCUT2D eigenvalue weighted by atomic mass is 9.67. The van der Waals surface area contributed by atoms with Gasteiger partial charge in [-0.2, -0.15) is 0 Å². The summed E-state index contributed by atoms with van der Waals surface area (Å²) in [6.45, 7) is 6.99. The first-order valence-corrected chi connectivity index (χ1v) is 8.04. The highest BCUT2D eigenvalue weighted by atomic mass is 16.5. The van der Waals surface area contributed by atoms with Crippen LogP contribution in [-0.4, -0.2) is 19.8 Å². The minimum Gasteiger partial charge on any atom is -0.382 e. The van der Waals surface area contributed by atoms with Crippen molar-refractivity contribution in [3.8, 4) is 0 Å². The van der Waals surface area contributed by atoms with Crippen molar-refractivity contribution in [3.05, 3.63) is 0 Å². The molecule has 1 saturated carbocycles. The fourth-order valence-electron chi connectivity index (χ4n) is 3.32. The first kappa shape index (κ1) is 16.0. The largest absolute Gasteiger partial charge is 0.382 e. The van der Waals surface area contributed by atoms with Gasteiger partial charge in [0.25, 0.3) is 0 Å². The minimum atomic E-state index is 0.444. The molecule has 0 aliphatic heterocycles. The number of unbranched alkanes of at least 4 members (excludes halogenated alkanes) is 1. The number of ether oxygens (including phenoxy) is 1. The van der Waals surface area contributed by atoms with E-state index in [9.17, 15) is 0 Å². The maximum absolute atomic E-state index is 6.06. The molecule has 0 aromatic carbocycles. The summed E-state index contributed by atoms with van der Waals surface area (Å²) < 4.78 is 5.45. The molecule has 1 aliphatic carbocycles. The third-order valence-electron chi connectivity index (χ3n) is 4.76. The van der Waals surface area contributed by atoms with Gasteiger partial charge in [-0.1, -0.05) is 26.2 Å². The Labute approximate surface area is 114 Å². The first-order chi connectivity index (χ1) is 8.76. The van der Waals surface area contributed by atoms with Crippen LogP contribution in [0.15, 0.2) is 0 Å². The van der Waals surface area contributed by atoms with Gasteiger partial charge in [-0.15, -0.1) is 0 Å². The van der Waals surface area contributed by atoms with E-state index >= 15 is 0 Å². The Hall–Kier alpha value is -0.0800. The predicted molar refractivity (Wildman–Crippen MR) is 78.7 cm³/mol. The van der Waals surface area contributed by atoms with Gasteiger partial charge in [0.2, 0.25) is 0 Å². The van der Waals surface area contributed by atoms with Crippen molar-refractivity contribution in [2.45, 2.75) is 71.6 Å². The summed E-state index contributed by atoms with van der Waals surface area (Å²) in [4.78, 5) is 0. The second kappa shape index (κ2) is 8.92. The van der Waals surface area contributed by atoms with Crippen molar-refractivity contribution in [1.29, 1.82) is 0 Å². The van der Waals surface area contributed by atoms with Crippen molar-refractivity contribution in [1.82, 2.24) is 0 Å². The third-order valence-corrected chi connectivity index (χ3v) is 4.76. The molecule has 1 fully saturated rings. The fraction of sp³-hybridized carbons (Fsp3) is 1.00. The van der Waals surface area contributed by atoms with Crippen LogP contribution in [-0.2, 0) is 4.74 Å². The van der Waals surface area contributed by atoms with E-state index in [0.717, 1.165) is 25.7 Å². The zero-order valence-electron chi connectivity index (χ0n) is 12.5. The molecule has 2 N–H and O–H groups in total. The van der Waals surface area contributed by atoms with Crippen molar-refractivity contribution in [2.24, 2.45) is 17.1 Å². The standard InChI is InChI=1S/C16H33NO/c1-3-5-7-15-8-11-16(14-17,12-9-15)10-6-13-18-4-2/h15H,3-14,17H2,1-2H3. The molecule has 0 spiro atoms. The molecule has 0 atom stereocenters. The smallest absolute Gasteiger partial charge is 0.0466 e. The molecule has 1 aliphatic rings. The van der Waals surface area contributed by atoms with Gasteiger partial charge in [0.05, 0.1) is 0 Å². The van der Waals surface area contributed by atoms with E-state index < -0.39 is 0 Å². The van der Waals surface area contributed by atoms with Gasteiger partial charge in [0, 0.05) is 13.2 Å². The molecule has 0 saturated heterocycles. The number of nitrogens with two attached hydrogens (primary N) is 1. The lowest BCUT2D eigenvalue weighted by molar-refractivity contribution is 0.100. The Balaban J connectivity index is 2.26. The predicted octanol–water partition coefficient (Wildman–Crippen LogP) is 4.13. The van der Waals surface area contributed by atoms with Crippen LogP contribution in [0.2, 0.25) is 0 Å². The number of rotatable bonds is 9. The molecule has 0 radical (unpaired) electrons. The van der Waals surface area contributed by atoms with Crippen molar-refractivity contribution in [2.75, 3.05) is 19.8 Å². The maximum Gasteiger partial charge on any atom is 0.0466 e. The summed E-state index contributed by atoms with van der Waals surface area (Å²) in [6, 6.07) is 0. The summed E-state index contributed by atoms with van der Waals surface area (Å²) >= 11 is 0. The Bertz CT molecular complexity index is 197. The van der Waals surface area contributed by atoms with Crippen LogP contribution in [0.3, 0.4) is 0 Å². The van der Waals surface area contributed by atoms with E-state index in [4.69, 9.17) is 10.5 Å². The minimum absolute atomic E-state index is 0.444. The molecule has 0 aromatic rings. The molecule has 1 rings (SSSR count). The molecule has 2 heteroatoms. The topological polar surface area (TPSA) is 35.2 Å². The van der Waals surface area contributed by atoms with E-state index in [0.29, 0.717) is 5.41 Å². The average Bonchev–Trinajstić information content (AvgIpc) is 2.43. The van der Waals surface area contributed by atoms with Crippen LogP contribution < -0.4 is 5.73 Å². The van der Waals surface area contributed by atoms with Crippen molar-refractivity contribution in [3.63, 3.8) is 0 Å². The van der Waals surface area contributed by atoms with Crippen LogP contribution in [0.25, 0.3) is 0 Å². The summed E-state index contributed by atoms with van der Waals surface area (Å²) in [7, 11) is 0. The Kier molecular flexibility index (Phi) is 7.92. The van der Waals surface area contributed by atoms with Gasteiger partial charge in [0.1, 0.15) is 0 Å². The fourth-order valence-corrected chi connectivity index (χ4v) is 3.32. The number of hydrogen-bond acceptors (Lipinski definition) is 2. The van der Waals surface area contributed by atoms with Crippen molar-refractivity contribution >= 4 is 0 Å². The molecule has 0 aromatic heterocycles. The number of hydrogen-bond donors (Lipinski definition) is 1. The van der Waals surface area contributed by atoms with Gasteiger partial charge in [-0.25, -0.2) is 0 Å². The summed E-state index contributed by atoms with van der Waals surface area (Å²) in [6.07, 6.45) is 12.2. The van der Waals surface area contributed by atoms with E-state index in [1.54, 1.807) is 0 Å². The normalized spacial score (nSPS) is 28.5. The van der Waals surface area contributed by atoms with Crippen LogP contribution in [0.4, 0.5) is 0 Å². The molecule has 0 amide bonds. The lowest BCUT2D eigenvalue weighted by Crippen LogP contribution is -2.35. The van der Waals surface area contributed by atoms with Gasteiger partial charge in [-0.05, 0) is 63.3 Å². The Morgan fingerprint density at radius 3 is 2.44 bits per heavy atom. The highest BCUT2D eigenvalue weighted by Crippen LogP contribution is 2.42. The summed E-state index contributed by atoms with van der Waals surface area (Å²) in [5, 5.41) is 0. The van der Waals surface area contributed by atoms with Crippen LogP contribution >= 0.6 is 0 Å². The summed E-state index contributed by atoms with van der Waals surface area (Å²) in [5.41, 5.74) is 6.50. The quantitative estimate of drug-likeness (QED) is 0.629. The third kappa shape index (κ3) is 5.27. The summed E-state index contributed by atoms with van der Waals surface area (Å²) in [5.74, 6) is 0.983. The van der Waals surface area contributed by atoms with Gasteiger partial charge in [0.15, 0.2) is 0 Å². The van der Waals surface area contributed by atoms with Gasteiger partial charge in [-0.3, -0.25) is 0 Å². The highest BCUT2D eigenvalue weighted by molar-refractivity contribution is 4.86. The van der Waals surface area contributed by atoms with Gasteiger partial charge < -0.3 is 10.5 Å².